The average molecular weight is 360 g/mol. The fourth-order valence-electron chi connectivity index (χ4n) is 3.45. The van der Waals surface area contributed by atoms with Crippen LogP contribution in [-0.2, 0) is 12.6 Å². The molecule has 3 rings (SSSR count). The molecule has 0 spiro atoms. The van der Waals surface area contributed by atoms with Gasteiger partial charge in [-0.2, -0.15) is 13.2 Å². The molecular formula is C21H23F3N2. The van der Waals surface area contributed by atoms with Gasteiger partial charge in [0.25, 0.3) is 0 Å². The molecular weight excluding hydrogens is 337 g/mol. The molecule has 0 unspecified atom stereocenters. The monoisotopic (exact) mass is 360 g/mol. The fraction of sp³-hybridized carbons (Fsp3) is 0.333. The molecule has 0 saturated carbocycles. The summed E-state index contributed by atoms with van der Waals surface area (Å²) < 4.78 is 39.5. The molecule has 2 nitrogen and oxygen atoms in total. The lowest BCUT2D eigenvalue weighted by molar-refractivity contribution is -0.137. The minimum absolute atomic E-state index is 0.578. The van der Waals surface area contributed by atoms with Crippen molar-refractivity contribution in [2.75, 3.05) is 6.54 Å². The summed E-state index contributed by atoms with van der Waals surface area (Å²) in [5.41, 5.74) is 10.9. The highest BCUT2D eigenvalue weighted by molar-refractivity contribution is 5.92. The van der Waals surface area contributed by atoms with Crippen LogP contribution in [0.3, 0.4) is 0 Å². The smallest absolute Gasteiger partial charge is 0.354 e. The van der Waals surface area contributed by atoms with Crippen LogP contribution >= 0.6 is 0 Å². The number of aromatic nitrogens is 1. The van der Waals surface area contributed by atoms with Crippen molar-refractivity contribution in [3.63, 3.8) is 0 Å². The summed E-state index contributed by atoms with van der Waals surface area (Å²) in [4.78, 5) is 3.35. The molecule has 0 bridgehead atoms. The van der Waals surface area contributed by atoms with Gasteiger partial charge in [-0.25, -0.2) is 0 Å². The molecule has 3 aromatic rings. The van der Waals surface area contributed by atoms with Gasteiger partial charge in [0.1, 0.15) is 0 Å². The van der Waals surface area contributed by atoms with Crippen molar-refractivity contribution in [3.05, 3.63) is 58.7 Å². The van der Waals surface area contributed by atoms with Crippen molar-refractivity contribution in [2.24, 2.45) is 5.73 Å². The number of alkyl halides is 3. The van der Waals surface area contributed by atoms with Crippen LogP contribution in [-0.4, -0.2) is 11.5 Å². The maximum Gasteiger partial charge on any atom is 0.416 e. The van der Waals surface area contributed by atoms with E-state index in [1.165, 1.54) is 12.1 Å². The summed E-state index contributed by atoms with van der Waals surface area (Å²) in [5.74, 6) is 0. The first-order chi connectivity index (χ1) is 12.3. The van der Waals surface area contributed by atoms with E-state index in [4.69, 9.17) is 5.73 Å². The molecule has 3 N–H and O–H groups in total. The minimum Gasteiger partial charge on any atom is -0.354 e. The molecule has 26 heavy (non-hydrogen) atoms. The first-order valence-electron chi connectivity index (χ1n) is 8.80. The maximum atomic E-state index is 13.2. The van der Waals surface area contributed by atoms with E-state index in [-0.39, 0.29) is 0 Å². The molecule has 0 saturated heterocycles. The Kier molecular flexibility index (Phi) is 5.10. The van der Waals surface area contributed by atoms with Gasteiger partial charge in [-0.1, -0.05) is 23.8 Å². The van der Waals surface area contributed by atoms with Crippen LogP contribution in [0, 0.1) is 13.8 Å². The molecule has 1 heterocycles. The predicted octanol–water partition coefficient (Wildman–Crippen LogP) is 5.75. The third kappa shape index (κ3) is 3.63. The van der Waals surface area contributed by atoms with Crippen LogP contribution in [0.1, 0.15) is 35.1 Å². The summed E-state index contributed by atoms with van der Waals surface area (Å²) in [6, 6.07) is 10.1. The Labute approximate surface area is 151 Å². The van der Waals surface area contributed by atoms with Crippen LogP contribution in [0.5, 0.6) is 0 Å². The number of nitrogens with one attached hydrogen (secondary N) is 1. The Bertz CT molecular complexity index is 923. The predicted molar refractivity (Wildman–Crippen MR) is 100 cm³/mol. The van der Waals surface area contributed by atoms with Gasteiger partial charge < -0.3 is 10.7 Å². The number of hydrogen-bond acceptors (Lipinski definition) is 1. The number of aryl methyl sites for hydroxylation is 3. The number of hydrogen-bond donors (Lipinski definition) is 2. The largest absolute Gasteiger partial charge is 0.416 e. The Morgan fingerprint density at radius 2 is 1.77 bits per heavy atom. The zero-order valence-corrected chi connectivity index (χ0v) is 15.0. The van der Waals surface area contributed by atoms with Crippen molar-refractivity contribution in [1.29, 1.82) is 0 Å². The summed E-state index contributed by atoms with van der Waals surface area (Å²) in [5, 5.41) is 0.645. The molecule has 0 amide bonds. The Balaban J connectivity index is 2.19. The minimum atomic E-state index is -4.35. The number of benzene rings is 2. The van der Waals surface area contributed by atoms with E-state index in [9.17, 15) is 13.2 Å². The molecule has 5 heteroatoms. The van der Waals surface area contributed by atoms with E-state index in [1.807, 2.05) is 26.0 Å². The zero-order chi connectivity index (χ0) is 18.9. The van der Waals surface area contributed by atoms with Crippen molar-refractivity contribution in [3.8, 4) is 11.3 Å². The zero-order valence-electron chi connectivity index (χ0n) is 15.0. The SMILES string of the molecule is Cc1ccc(-c2[nH]c3ccc(C(F)(F)F)cc3c2CCCCN)c(C)c1. The van der Waals surface area contributed by atoms with Crippen LogP contribution in [0.25, 0.3) is 22.2 Å². The first kappa shape index (κ1) is 18.5. The average Bonchev–Trinajstić information content (AvgIpc) is 2.92. The fourth-order valence-corrected chi connectivity index (χ4v) is 3.45. The van der Waals surface area contributed by atoms with Gasteiger partial charge in [0, 0.05) is 22.2 Å². The quantitative estimate of drug-likeness (QED) is 0.559. The lowest BCUT2D eigenvalue weighted by Gasteiger charge is -2.10. The van der Waals surface area contributed by atoms with Gasteiger partial charge in [0.15, 0.2) is 0 Å². The number of halogens is 3. The molecule has 0 radical (unpaired) electrons. The second kappa shape index (κ2) is 7.16. The van der Waals surface area contributed by atoms with E-state index in [1.54, 1.807) is 0 Å². The van der Waals surface area contributed by atoms with Crippen molar-refractivity contribution in [1.82, 2.24) is 4.98 Å². The van der Waals surface area contributed by atoms with Gasteiger partial charge in [0.05, 0.1) is 5.56 Å². The van der Waals surface area contributed by atoms with Crippen LogP contribution < -0.4 is 5.73 Å². The highest BCUT2D eigenvalue weighted by Gasteiger charge is 2.31. The Hall–Kier alpha value is -2.27. The molecule has 0 aliphatic carbocycles. The van der Waals surface area contributed by atoms with Gasteiger partial charge >= 0.3 is 6.18 Å². The van der Waals surface area contributed by atoms with Crippen LogP contribution in [0.2, 0.25) is 0 Å². The molecule has 2 aromatic carbocycles. The number of aromatic amines is 1. The Morgan fingerprint density at radius 3 is 2.42 bits per heavy atom. The lowest BCUT2D eigenvalue weighted by atomic mass is 9.96. The number of H-pyrrole nitrogens is 1. The third-order valence-electron chi connectivity index (χ3n) is 4.77. The van der Waals surface area contributed by atoms with E-state index in [0.29, 0.717) is 18.4 Å². The van der Waals surface area contributed by atoms with E-state index in [0.717, 1.165) is 52.4 Å². The summed E-state index contributed by atoms with van der Waals surface area (Å²) in [6.07, 6.45) is -1.96. The van der Waals surface area contributed by atoms with E-state index in [2.05, 4.69) is 11.1 Å². The number of rotatable bonds is 5. The van der Waals surface area contributed by atoms with Crippen molar-refractivity contribution >= 4 is 10.9 Å². The normalized spacial score (nSPS) is 12.1. The van der Waals surface area contributed by atoms with E-state index >= 15 is 0 Å². The molecule has 0 aliphatic heterocycles. The Morgan fingerprint density at radius 1 is 1.00 bits per heavy atom. The van der Waals surface area contributed by atoms with Gasteiger partial charge in [-0.05, 0) is 69.0 Å². The third-order valence-corrected chi connectivity index (χ3v) is 4.77. The molecule has 0 atom stereocenters. The molecule has 1 aromatic heterocycles. The van der Waals surface area contributed by atoms with Gasteiger partial charge in [-0.3, -0.25) is 0 Å². The highest BCUT2D eigenvalue weighted by Crippen LogP contribution is 2.37. The standard InChI is InChI=1S/C21H23F3N2/c1-13-6-8-16(14(2)11-13)20-17(5-3-4-10-25)18-12-15(21(22,23)24)7-9-19(18)26-20/h6-9,11-12,26H,3-5,10,25H2,1-2H3. The first-order valence-corrected chi connectivity index (χ1v) is 8.80. The summed E-state index contributed by atoms with van der Waals surface area (Å²) in [6.45, 7) is 4.63. The van der Waals surface area contributed by atoms with Gasteiger partial charge in [-0.15, -0.1) is 0 Å². The number of unbranched alkanes of at least 4 members (excludes halogenated alkanes) is 1. The van der Waals surface area contributed by atoms with Crippen LogP contribution in [0.4, 0.5) is 13.2 Å². The second-order valence-corrected chi connectivity index (χ2v) is 6.80. The van der Waals surface area contributed by atoms with Gasteiger partial charge in [0.2, 0.25) is 0 Å². The summed E-state index contributed by atoms with van der Waals surface area (Å²) >= 11 is 0. The molecule has 0 fully saturated rings. The van der Waals surface area contributed by atoms with Crippen LogP contribution in [0.15, 0.2) is 36.4 Å². The topological polar surface area (TPSA) is 41.8 Å². The lowest BCUT2D eigenvalue weighted by Crippen LogP contribution is -2.04. The molecule has 0 aliphatic rings. The maximum absolute atomic E-state index is 13.2. The summed E-state index contributed by atoms with van der Waals surface area (Å²) in [7, 11) is 0. The van der Waals surface area contributed by atoms with Crippen molar-refractivity contribution in [2.45, 2.75) is 39.3 Å². The highest BCUT2D eigenvalue weighted by atomic mass is 19.4. The van der Waals surface area contributed by atoms with Crippen molar-refractivity contribution < 1.29 is 13.2 Å². The molecule has 138 valence electrons. The van der Waals surface area contributed by atoms with E-state index < -0.39 is 11.7 Å². The number of nitrogens with two attached hydrogens (primary N) is 1. The second-order valence-electron chi connectivity index (χ2n) is 6.80. The number of fused-ring (bicyclic) bond motifs is 1.